The third-order valence-corrected chi connectivity index (χ3v) is 7.63. The highest BCUT2D eigenvalue weighted by atomic mass is 32.2. The van der Waals surface area contributed by atoms with E-state index >= 15 is 0 Å². The van der Waals surface area contributed by atoms with E-state index in [0.717, 1.165) is 6.92 Å². The molecule has 3 rings (SSSR count). The van der Waals surface area contributed by atoms with Crippen molar-refractivity contribution in [1.82, 2.24) is 19.3 Å². The van der Waals surface area contributed by atoms with Crippen molar-refractivity contribution in [3.63, 3.8) is 0 Å². The van der Waals surface area contributed by atoms with Gasteiger partial charge >= 0.3 is 0 Å². The third kappa shape index (κ3) is 3.14. The predicted molar refractivity (Wildman–Crippen MR) is 88.2 cm³/mol. The Morgan fingerprint density at radius 2 is 1.96 bits per heavy atom. The van der Waals surface area contributed by atoms with Crippen LogP contribution in [0.4, 0.5) is 8.78 Å². The number of aryl methyl sites for hydroxylation is 1. The fourth-order valence-electron chi connectivity index (χ4n) is 3.73. The van der Waals surface area contributed by atoms with Gasteiger partial charge in [0.2, 0.25) is 10.0 Å². The zero-order valence-electron chi connectivity index (χ0n) is 15.1. The maximum Gasteiger partial charge on any atom is 0.252 e. The summed E-state index contributed by atoms with van der Waals surface area (Å²) < 4.78 is 67.7. The summed E-state index contributed by atoms with van der Waals surface area (Å²) in [5.41, 5.74) is -1.82. The molecule has 0 amide bonds. The maximum atomic E-state index is 14.3. The van der Waals surface area contributed by atoms with Gasteiger partial charge in [-0.15, -0.1) is 5.10 Å². The van der Waals surface area contributed by atoms with Crippen molar-refractivity contribution in [2.75, 3.05) is 39.2 Å². The zero-order valence-corrected chi connectivity index (χ0v) is 15.9. The lowest BCUT2D eigenvalue weighted by Gasteiger charge is -2.49. The van der Waals surface area contributed by atoms with Gasteiger partial charge < -0.3 is 9.47 Å². The van der Waals surface area contributed by atoms with Crippen LogP contribution in [0.3, 0.4) is 0 Å². The number of rotatable bonds is 6. The summed E-state index contributed by atoms with van der Waals surface area (Å²) in [6.07, 6.45) is 1.56. The first kappa shape index (κ1) is 19.6. The molecule has 3 heterocycles. The van der Waals surface area contributed by atoms with Gasteiger partial charge in [-0.2, -0.15) is 4.31 Å². The van der Waals surface area contributed by atoms with Gasteiger partial charge in [-0.3, -0.25) is 0 Å². The summed E-state index contributed by atoms with van der Waals surface area (Å²) in [4.78, 5) is 0. The average Bonchev–Trinajstić information content (AvgIpc) is 2.93. The molecule has 0 spiro atoms. The molecule has 0 bridgehead atoms. The summed E-state index contributed by atoms with van der Waals surface area (Å²) >= 11 is 0. The van der Waals surface area contributed by atoms with E-state index in [2.05, 4.69) is 10.3 Å². The highest BCUT2D eigenvalue weighted by Crippen LogP contribution is 2.47. The number of ether oxygens (including phenoxy) is 2. The lowest BCUT2D eigenvalue weighted by atomic mass is 9.77. The summed E-state index contributed by atoms with van der Waals surface area (Å²) in [6, 6.07) is 0. The van der Waals surface area contributed by atoms with E-state index in [4.69, 9.17) is 9.47 Å². The number of nitrogens with zero attached hydrogens (tertiary/aromatic N) is 4. The lowest BCUT2D eigenvalue weighted by Crippen LogP contribution is -2.64. The highest BCUT2D eigenvalue weighted by molar-refractivity contribution is 7.89. The van der Waals surface area contributed by atoms with Crippen LogP contribution in [-0.2, 0) is 32.1 Å². The average molecular weight is 394 g/mol. The van der Waals surface area contributed by atoms with Gasteiger partial charge in [0.05, 0.1) is 23.1 Å². The first-order valence-corrected chi connectivity index (χ1v) is 10.00. The SMILES string of the molecule is COC1(c2cnnn2C)CN(S(=O)(=O)CC2(C(C)(F)F)CCOCC2)C1. The van der Waals surface area contributed by atoms with Gasteiger partial charge in [0.15, 0.2) is 0 Å². The van der Waals surface area contributed by atoms with Gasteiger partial charge in [0.25, 0.3) is 5.92 Å². The van der Waals surface area contributed by atoms with Gasteiger partial charge in [-0.25, -0.2) is 21.9 Å². The fraction of sp³-hybridized carbons (Fsp3) is 0.867. The molecule has 26 heavy (non-hydrogen) atoms. The van der Waals surface area contributed by atoms with Crippen LogP contribution in [0.5, 0.6) is 0 Å². The molecule has 0 unspecified atom stereocenters. The van der Waals surface area contributed by atoms with E-state index in [9.17, 15) is 17.2 Å². The van der Waals surface area contributed by atoms with Crippen LogP contribution >= 0.6 is 0 Å². The van der Waals surface area contributed by atoms with Crippen LogP contribution in [0.15, 0.2) is 6.20 Å². The molecule has 0 N–H and O–H groups in total. The van der Waals surface area contributed by atoms with Crippen LogP contribution in [-0.4, -0.2) is 72.8 Å². The Kier molecular flexibility index (Phi) is 4.87. The molecule has 0 aliphatic carbocycles. The molecular formula is C15H24F2N4O4S. The van der Waals surface area contributed by atoms with Crippen LogP contribution < -0.4 is 0 Å². The predicted octanol–water partition coefficient (Wildman–Crippen LogP) is 0.754. The monoisotopic (exact) mass is 394 g/mol. The number of aromatic nitrogens is 3. The number of alkyl halides is 2. The van der Waals surface area contributed by atoms with Crippen molar-refractivity contribution in [3.8, 4) is 0 Å². The molecule has 0 aromatic carbocycles. The zero-order chi connectivity index (χ0) is 19.2. The Morgan fingerprint density at radius 1 is 1.35 bits per heavy atom. The standard InChI is InChI=1S/C15H24F2N4O4S/c1-13(16,17)14(4-6-25-7-5-14)11-26(22,23)21-9-15(10-21,24-3)12-8-18-19-20(12)2/h8H,4-7,9-11H2,1-3H3. The van der Waals surface area contributed by atoms with E-state index in [1.165, 1.54) is 22.3 Å². The van der Waals surface area contributed by atoms with E-state index in [-0.39, 0.29) is 39.1 Å². The Hall–Kier alpha value is -1.17. The molecule has 2 fully saturated rings. The second kappa shape index (κ2) is 6.47. The Morgan fingerprint density at radius 3 is 2.42 bits per heavy atom. The molecular weight excluding hydrogens is 370 g/mol. The number of methoxy groups -OCH3 is 1. The second-order valence-corrected chi connectivity index (χ2v) is 9.22. The Balaban J connectivity index is 1.79. The number of halogens is 2. The lowest BCUT2D eigenvalue weighted by molar-refractivity contribution is -0.140. The number of hydrogen-bond donors (Lipinski definition) is 0. The van der Waals surface area contributed by atoms with Crippen LogP contribution in [0.2, 0.25) is 0 Å². The topological polar surface area (TPSA) is 86.6 Å². The van der Waals surface area contributed by atoms with Crippen molar-refractivity contribution in [2.45, 2.75) is 31.3 Å². The maximum absolute atomic E-state index is 14.3. The molecule has 1 aromatic heterocycles. The van der Waals surface area contributed by atoms with Crippen LogP contribution in [0.25, 0.3) is 0 Å². The van der Waals surface area contributed by atoms with Gasteiger partial charge in [-0.05, 0) is 19.8 Å². The molecule has 2 aliphatic rings. The van der Waals surface area contributed by atoms with Gasteiger partial charge in [0.1, 0.15) is 5.60 Å². The second-order valence-electron chi connectivity index (χ2n) is 7.25. The number of hydrogen-bond acceptors (Lipinski definition) is 6. The largest absolute Gasteiger partial charge is 0.381 e. The Labute approximate surface area is 151 Å². The molecule has 0 radical (unpaired) electrons. The fourth-order valence-corrected chi connectivity index (χ4v) is 5.96. The molecule has 148 valence electrons. The Bertz CT molecular complexity index is 750. The first-order valence-electron chi connectivity index (χ1n) is 8.39. The minimum absolute atomic E-state index is 0.0185. The molecule has 2 aliphatic heterocycles. The summed E-state index contributed by atoms with van der Waals surface area (Å²) in [5, 5.41) is 7.64. The minimum atomic E-state index is -3.88. The molecule has 0 atom stereocenters. The van der Waals surface area contributed by atoms with E-state index in [1.54, 1.807) is 7.05 Å². The van der Waals surface area contributed by atoms with Crippen LogP contribution in [0, 0.1) is 5.41 Å². The summed E-state index contributed by atoms with van der Waals surface area (Å²) in [7, 11) is -0.709. The summed E-state index contributed by atoms with van der Waals surface area (Å²) in [6.45, 7) is 1.18. The van der Waals surface area contributed by atoms with Crippen molar-refractivity contribution < 1.29 is 26.7 Å². The van der Waals surface area contributed by atoms with Crippen molar-refractivity contribution >= 4 is 10.0 Å². The minimum Gasteiger partial charge on any atom is -0.381 e. The summed E-state index contributed by atoms with van der Waals surface area (Å²) in [5.74, 6) is -3.71. The first-order chi connectivity index (χ1) is 12.1. The highest BCUT2D eigenvalue weighted by Gasteiger charge is 2.57. The van der Waals surface area contributed by atoms with Crippen molar-refractivity contribution in [3.05, 3.63) is 11.9 Å². The number of sulfonamides is 1. The molecule has 1 aromatic rings. The third-order valence-electron chi connectivity index (χ3n) is 5.67. The van der Waals surface area contributed by atoms with Gasteiger partial charge in [0, 0.05) is 40.5 Å². The van der Waals surface area contributed by atoms with Crippen molar-refractivity contribution in [1.29, 1.82) is 0 Å². The van der Waals surface area contributed by atoms with E-state index in [0.29, 0.717) is 5.69 Å². The van der Waals surface area contributed by atoms with E-state index in [1.807, 2.05) is 0 Å². The smallest absolute Gasteiger partial charge is 0.252 e. The normalized spacial score (nSPS) is 23.6. The quantitative estimate of drug-likeness (QED) is 0.708. The molecule has 0 saturated carbocycles. The molecule has 11 heteroatoms. The van der Waals surface area contributed by atoms with E-state index < -0.39 is 32.7 Å². The molecule has 2 saturated heterocycles. The van der Waals surface area contributed by atoms with Gasteiger partial charge in [-0.1, -0.05) is 5.21 Å². The van der Waals surface area contributed by atoms with Crippen molar-refractivity contribution in [2.24, 2.45) is 12.5 Å². The van der Waals surface area contributed by atoms with Crippen LogP contribution in [0.1, 0.15) is 25.5 Å². The molecule has 8 nitrogen and oxygen atoms in total.